The molecule has 0 unspecified atom stereocenters. The summed E-state index contributed by atoms with van der Waals surface area (Å²) in [5.41, 5.74) is 6.53. The number of esters is 1. The fourth-order valence-corrected chi connectivity index (χ4v) is 1.62. The van der Waals surface area contributed by atoms with Gasteiger partial charge < -0.3 is 15.8 Å². The molecule has 0 aliphatic carbocycles. The highest BCUT2D eigenvalue weighted by molar-refractivity contribution is 5.93. The maximum atomic E-state index is 11.6. The molecule has 0 aliphatic rings. The van der Waals surface area contributed by atoms with Crippen LogP contribution >= 0.6 is 0 Å². The Bertz CT molecular complexity index is 429. The van der Waals surface area contributed by atoms with Crippen molar-refractivity contribution in [2.45, 2.75) is 32.6 Å². The van der Waals surface area contributed by atoms with Gasteiger partial charge in [0, 0.05) is 12.1 Å². The van der Waals surface area contributed by atoms with Crippen molar-refractivity contribution in [3.63, 3.8) is 0 Å². The molecule has 1 aromatic rings. The van der Waals surface area contributed by atoms with Crippen molar-refractivity contribution >= 4 is 17.6 Å². The molecule has 1 aromatic carbocycles. The molecule has 1 rings (SSSR count). The van der Waals surface area contributed by atoms with Gasteiger partial charge in [-0.15, -0.1) is 0 Å². The second kappa shape index (κ2) is 9.09. The third kappa shape index (κ3) is 5.84. The molecule has 3 N–H and O–H groups in total. The molecular weight excluding hydrogens is 256 g/mol. The third-order valence-electron chi connectivity index (χ3n) is 2.70. The number of rotatable bonds is 8. The van der Waals surface area contributed by atoms with Gasteiger partial charge >= 0.3 is 5.97 Å². The average molecular weight is 278 g/mol. The summed E-state index contributed by atoms with van der Waals surface area (Å²) in [5.74, 6) is -0.382. The smallest absolute Gasteiger partial charge is 0.338 e. The predicted molar refractivity (Wildman–Crippen MR) is 78.6 cm³/mol. The van der Waals surface area contributed by atoms with E-state index in [1.165, 1.54) is 0 Å². The maximum Gasteiger partial charge on any atom is 0.338 e. The molecule has 0 aromatic heterocycles. The lowest BCUT2D eigenvalue weighted by Crippen LogP contribution is -2.12. The highest BCUT2D eigenvalue weighted by Crippen LogP contribution is 2.11. The molecule has 0 atom stereocenters. The fourth-order valence-electron chi connectivity index (χ4n) is 1.62. The van der Waals surface area contributed by atoms with Gasteiger partial charge in [-0.25, -0.2) is 4.79 Å². The van der Waals surface area contributed by atoms with Crippen LogP contribution in [0.3, 0.4) is 0 Å². The topological polar surface area (TPSA) is 81.4 Å². The van der Waals surface area contributed by atoms with E-state index in [1.54, 1.807) is 24.3 Å². The molecule has 0 radical (unpaired) electrons. The van der Waals surface area contributed by atoms with Crippen LogP contribution in [0.5, 0.6) is 0 Å². The molecule has 5 heteroatoms. The Labute approximate surface area is 119 Å². The summed E-state index contributed by atoms with van der Waals surface area (Å²) >= 11 is 0. The van der Waals surface area contributed by atoms with Crippen molar-refractivity contribution in [3.05, 3.63) is 29.8 Å². The van der Waals surface area contributed by atoms with Gasteiger partial charge in [0.05, 0.1) is 12.2 Å². The highest BCUT2D eigenvalue weighted by Gasteiger charge is 2.07. The van der Waals surface area contributed by atoms with Crippen molar-refractivity contribution < 1.29 is 14.3 Å². The molecule has 0 heterocycles. The van der Waals surface area contributed by atoms with Crippen LogP contribution in [0.2, 0.25) is 0 Å². The standard InChI is InChI=1S/C15H22N2O3/c1-2-11-20-15(19)12-6-8-13(9-7-12)17-14(18)5-3-4-10-16/h6-9H,2-5,10-11,16H2,1H3,(H,17,18). The van der Waals surface area contributed by atoms with E-state index in [0.717, 1.165) is 19.3 Å². The first kappa shape index (κ1) is 16.2. The number of hydrogen-bond donors (Lipinski definition) is 2. The van der Waals surface area contributed by atoms with Gasteiger partial charge in [-0.1, -0.05) is 6.92 Å². The summed E-state index contributed by atoms with van der Waals surface area (Å²) in [5, 5.41) is 2.78. The van der Waals surface area contributed by atoms with E-state index in [9.17, 15) is 9.59 Å². The van der Waals surface area contributed by atoms with Crippen LogP contribution in [-0.4, -0.2) is 25.0 Å². The molecule has 0 bridgehead atoms. The SMILES string of the molecule is CCCOC(=O)c1ccc(NC(=O)CCCCN)cc1. The molecular formula is C15H22N2O3. The van der Waals surface area contributed by atoms with Crippen LogP contribution in [0.25, 0.3) is 0 Å². The van der Waals surface area contributed by atoms with Crippen molar-refractivity contribution in [3.8, 4) is 0 Å². The quantitative estimate of drug-likeness (QED) is 0.565. The van der Waals surface area contributed by atoms with Crippen molar-refractivity contribution in [2.24, 2.45) is 5.73 Å². The molecule has 110 valence electrons. The highest BCUT2D eigenvalue weighted by atomic mass is 16.5. The monoisotopic (exact) mass is 278 g/mol. The van der Waals surface area contributed by atoms with Gasteiger partial charge in [0.2, 0.25) is 5.91 Å². The number of unbranched alkanes of at least 4 members (excludes halogenated alkanes) is 1. The van der Waals surface area contributed by atoms with Crippen LogP contribution in [-0.2, 0) is 9.53 Å². The number of carbonyl (C=O) groups is 2. The normalized spacial score (nSPS) is 10.1. The van der Waals surface area contributed by atoms with Gasteiger partial charge in [0.15, 0.2) is 0 Å². The summed E-state index contributed by atoms with van der Waals surface area (Å²) in [7, 11) is 0. The van der Waals surface area contributed by atoms with Crippen LogP contribution in [0.1, 0.15) is 43.0 Å². The Balaban J connectivity index is 2.45. The van der Waals surface area contributed by atoms with Crippen LogP contribution in [0.4, 0.5) is 5.69 Å². The number of carbonyl (C=O) groups excluding carboxylic acids is 2. The minimum absolute atomic E-state index is 0.0419. The van der Waals surface area contributed by atoms with E-state index in [2.05, 4.69) is 5.32 Å². The van der Waals surface area contributed by atoms with Crippen LogP contribution in [0.15, 0.2) is 24.3 Å². The Morgan fingerprint density at radius 2 is 1.90 bits per heavy atom. The molecule has 0 spiro atoms. The summed E-state index contributed by atoms with van der Waals surface area (Å²) < 4.78 is 5.03. The number of nitrogens with two attached hydrogens (primary N) is 1. The minimum atomic E-state index is -0.340. The van der Waals surface area contributed by atoms with Gasteiger partial charge in [0.1, 0.15) is 0 Å². The third-order valence-corrected chi connectivity index (χ3v) is 2.70. The molecule has 0 saturated carbocycles. The van der Waals surface area contributed by atoms with Crippen molar-refractivity contribution in [1.29, 1.82) is 0 Å². The molecule has 0 fully saturated rings. The predicted octanol–water partition coefficient (Wildman–Crippen LogP) is 2.32. The molecule has 0 saturated heterocycles. The Morgan fingerprint density at radius 3 is 2.50 bits per heavy atom. The number of benzene rings is 1. The first-order chi connectivity index (χ1) is 9.67. The van der Waals surface area contributed by atoms with Crippen molar-refractivity contribution in [2.75, 3.05) is 18.5 Å². The van der Waals surface area contributed by atoms with Crippen LogP contribution in [0, 0.1) is 0 Å². The Kier molecular flexibility index (Phi) is 7.35. The number of amides is 1. The number of ether oxygens (including phenoxy) is 1. The first-order valence-electron chi connectivity index (χ1n) is 6.94. The number of hydrogen-bond acceptors (Lipinski definition) is 4. The zero-order chi connectivity index (χ0) is 14.8. The molecule has 20 heavy (non-hydrogen) atoms. The zero-order valence-electron chi connectivity index (χ0n) is 11.9. The lowest BCUT2D eigenvalue weighted by Gasteiger charge is -2.06. The molecule has 5 nitrogen and oxygen atoms in total. The van der Waals surface area contributed by atoms with E-state index >= 15 is 0 Å². The number of anilines is 1. The zero-order valence-corrected chi connectivity index (χ0v) is 11.9. The van der Waals surface area contributed by atoms with Gasteiger partial charge in [-0.3, -0.25) is 4.79 Å². The van der Waals surface area contributed by atoms with Gasteiger partial charge in [0.25, 0.3) is 0 Å². The number of nitrogens with one attached hydrogen (secondary N) is 1. The van der Waals surface area contributed by atoms with Crippen molar-refractivity contribution in [1.82, 2.24) is 0 Å². The van der Waals surface area contributed by atoms with E-state index in [4.69, 9.17) is 10.5 Å². The molecule has 0 aliphatic heterocycles. The second-order valence-corrected chi connectivity index (χ2v) is 4.51. The Hall–Kier alpha value is -1.88. The lowest BCUT2D eigenvalue weighted by molar-refractivity contribution is -0.116. The maximum absolute atomic E-state index is 11.6. The minimum Gasteiger partial charge on any atom is -0.462 e. The lowest BCUT2D eigenvalue weighted by atomic mass is 10.2. The van der Waals surface area contributed by atoms with E-state index < -0.39 is 0 Å². The molecule has 1 amide bonds. The summed E-state index contributed by atoms with van der Waals surface area (Å²) in [6.45, 7) is 2.96. The first-order valence-corrected chi connectivity index (χ1v) is 6.94. The van der Waals surface area contributed by atoms with E-state index in [0.29, 0.717) is 30.8 Å². The van der Waals surface area contributed by atoms with E-state index in [-0.39, 0.29) is 11.9 Å². The van der Waals surface area contributed by atoms with E-state index in [1.807, 2.05) is 6.92 Å². The average Bonchev–Trinajstić information content (AvgIpc) is 2.46. The Morgan fingerprint density at radius 1 is 1.20 bits per heavy atom. The van der Waals surface area contributed by atoms with Crippen LogP contribution < -0.4 is 11.1 Å². The summed E-state index contributed by atoms with van der Waals surface area (Å²) in [6.07, 6.45) is 2.87. The summed E-state index contributed by atoms with van der Waals surface area (Å²) in [4.78, 5) is 23.2. The van der Waals surface area contributed by atoms with Gasteiger partial charge in [-0.2, -0.15) is 0 Å². The fraction of sp³-hybridized carbons (Fsp3) is 0.467. The van der Waals surface area contributed by atoms with Gasteiger partial charge in [-0.05, 0) is 50.1 Å². The second-order valence-electron chi connectivity index (χ2n) is 4.51. The summed E-state index contributed by atoms with van der Waals surface area (Å²) in [6, 6.07) is 6.69. The largest absolute Gasteiger partial charge is 0.462 e.